The highest BCUT2D eigenvalue weighted by molar-refractivity contribution is 6.33. The van der Waals surface area contributed by atoms with Gasteiger partial charge in [0.25, 0.3) is 23.3 Å². The van der Waals surface area contributed by atoms with Crippen molar-refractivity contribution in [1.82, 2.24) is 35.0 Å². The molecule has 4 aromatic rings. The fourth-order valence-electron chi connectivity index (χ4n) is 11.0. The Hall–Kier alpha value is -6.11. The Kier molecular flexibility index (Phi) is 12.4. The van der Waals surface area contributed by atoms with E-state index in [0.29, 0.717) is 39.6 Å². The van der Waals surface area contributed by atoms with Crippen LogP contribution in [0.1, 0.15) is 98.4 Å². The number of imide groups is 2. The number of carbonyl (C=O) groups excluding carboxylic acids is 5. The van der Waals surface area contributed by atoms with E-state index < -0.39 is 23.8 Å². The fraction of sp³-hybridized carbons (Fsp3) is 0.510. The molecule has 5 aliphatic heterocycles. The quantitative estimate of drug-likeness (QED) is 0.164. The molecule has 68 heavy (non-hydrogen) atoms. The summed E-state index contributed by atoms with van der Waals surface area (Å²) < 4.78 is 13.9. The Bertz CT molecular complexity index is 2740. The first kappa shape index (κ1) is 45.7. The highest BCUT2D eigenvalue weighted by Crippen LogP contribution is 2.45. The molecule has 0 bridgehead atoms. The van der Waals surface area contributed by atoms with Gasteiger partial charge in [0.1, 0.15) is 11.1 Å². The summed E-state index contributed by atoms with van der Waals surface area (Å²) in [6.07, 6.45) is 9.41. The molecule has 7 heterocycles. The van der Waals surface area contributed by atoms with E-state index in [2.05, 4.69) is 35.6 Å². The average Bonchev–Trinajstić information content (AvgIpc) is 3.84. The minimum Gasteiger partial charge on any atom is -0.478 e. The van der Waals surface area contributed by atoms with E-state index in [-0.39, 0.29) is 66.2 Å². The number of ether oxygens (including phenoxy) is 2. The number of hydrogen-bond acceptors (Lipinski definition) is 14. The molecular formula is C49H57ClN10O8. The first-order valence-corrected chi connectivity index (χ1v) is 24.2. The lowest BCUT2D eigenvalue weighted by Crippen LogP contribution is -2.54. The molecule has 1 saturated carbocycles. The zero-order chi connectivity index (χ0) is 47.4. The van der Waals surface area contributed by atoms with Gasteiger partial charge >= 0.3 is 0 Å². The number of likely N-dealkylation sites (tertiary alicyclic amines) is 1. The molecule has 1 atom stereocenters. The van der Waals surface area contributed by atoms with Crippen LogP contribution >= 0.6 is 11.6 Å². The maximum atomic E-state index is 13.5. The molecule has 3 N–H and O–H groups in total. The molecule has 18 nitrogen and oxygen atoms in total. The van der Waals surface area contributed by atoms with E-state index in [9.17, 15) is 28.8 Å². The summed E-state index contributed by atoms with van der Waals surface area (Å²) in [4.78, 5) is 93.6. The number of anilines is 4. The first-order chi connectivity index (χ1) is 32.8. The number of nitrogens with zero attached hydrogens (tertiary/aromatic N) is 7. The number of halogens is 1. The summed E-state index contributed by atoms with van der Waals surface area (Å²) in [5.41, 5.74) is 2.90. The number of piperidine rings is 3. The molecule has 5 amide bonds. The number of hydrogen-bond donors (Lipinski definition) is 3. The fourth-order valence-corrected chi connectivity index (χ4v) is 11.1. The van der Waals surface area contributed by atoms with Crippen LogP contribution in [0.25, 0.3) is 10.9 Å². The van der Waals surface area contributed by atoms with E-state index in [1.165, 1.54) is 7.05 Å². The first-order valence-electron chi connectivity index (χ1n) is 23.8. The van der Waals surface area contributed by atoms with Crippen molar-refractivity contribution >= 4 is 75.2 Å². The molecule has 2 aromatic heterocycles. The summed E-state index contributed by atoms with van der Waals surface area (Å²) in [5.74, 6) is -1.14. The van der Waals surface area contributed by atoms with Gasteiger partial charge in [-0.1, -0.05) is 11.6 Å². The smallest absolute Gasteiger partial charge is 0.293 e. The average molecular weight is 950 g/mol. The zero-order valence-electron chi connectivity index (χ0n) is 38.6. The normalized spacial score (nSPS) is 23.1. The number of likely N-dealkylation sites (N-methyl/N-ethyl adjacent to an activating group) is 1. The molecule has 6 aliphatic rings. The van der Waals surface area contributed by atoms with Gasteiger partial charge < -0.3 is 39.4 Å². The van der Waals surface area contributed by atoms with Gasteiger partial charge in [0.05, 0.1) is 35.0 Å². The second-order valence-corrected chi connectivity index (χ2v) is 19.9. The van der Waals surface area contributed by atoms with Crippen LogP contribution in [0.15, 0.2) is 53.5 Å². The number of fused-ring (bicyclic) bond motifs is 2. The third-order valence-corrected chi connectivity index (χ3v) is 15.2. The van der Waals surface area contributed by atoms with Crippen LogP contribution in [0.4, 0.5) is 23.1 Å². The Morgan fingerprint density at radius 3 is 2.38 bits per heavy atom. The number of rotatable bonds is 12. The molecule has 5 fully saturated rings. The number of nitrogens with one attached hydrogen (secondary N) is 3. The molecule has 1 spiro atoms. The largest absolute Gasteiger partial charge is 0.478 e. The van der Waals surface area contributed by atoms with Crippen LogP contribution in [-0.4, -0.2) is 131 Å². The lowest BCUT2D eigenvalue weighted by atomic mass is 9.76. The number of aromatic nitrogens is 3. The minimum absolute atomic E-state index is 0.0917. The Labute approximate surface area is 398 Å². The van der Waals surface area contributed by atoms with Gasteiger partial charge in [-0.2, -0.15) is 4.98 Å². The van der Waals surface area contributed by atoms with E-state index in [0.717, 1.165) is 106 Å². The highest BCUT2D eigenvalue weighted by atomic mass is 35.5. The van der Waals surface area contributed by atoms with E-state index >= 15 is 0 Å². The van der Waals surface area contributed by atoms with E-state index in [1.54, 1.807) is 22.9 Å². The molecule has 10 rings (SSSR count). The summed E-state index contributed by atoms with van der Waals surface area (Å²) in [6, 6.07) is 12.1. The second kappa shape index (κ2) is 18.4. The van der Waals surface area contributed by atoms with Gasteiger partial charge in [-0.15, -0.1) is 0 Å². The van der Waals surface area contributed by atoms with Crippen LogP contribution in [-0.2, 0) is 19.1 Å². The molecule has 2 aromatic carbocycles. The SMILES string of the molecule is CNC(=O)COc1cc2cc(Nc3nc(N4CCC(O[C@H]5C[C@H](N6CCC7(CCN(c8ccc9c(c8)C(=O)N(C8CCC(=O)NC8=O)C9=O)C7)CC6)C5)CC4)ncc3Cl)ccc2n(C(C)C)c1=O. The predicted molar refractivity (Wildman–Crippen MR) is 255 cm³/mol. The van der Waals surface area contributed by atoms with Gasteiger partial charge in [-0.3, -0.25) is 39.0 Å². The number of benzene rings is 2. The van der Waals surface area contributed by atoms with Gasteiger partial charge in [0, 0.05) is 68.5 Å². The molecule has 1 aliphatic carbocycles. The van der Waals surface area contributed by atoms with Crippen LogP contribution in [0, 0.1) is 5.41 Å². The summed E-state index contributed by atoms with van der Waals surface area (Å²) in [7, 11) is 1.51. The van der Waals surface area contributed by atoms with Gasteiger partial charge in [-0.25, -0.2) is 4.98 Å². The topological polar surface area (TPSA) is 201 Å². The summed E-state index contributed by atoms with van der Waals surface area (Å²) >= 11 is 6.61. The van der Waals surface area contributed by atoms with Crippen LogP contribution in [0.2, 0.25) is 5.02 Å². The molecule has 0 radical (unpaired) electrons. The van der Waals surface area contributed by atoms with Crippen molar-refractivity contribution in [2.45, 2.75) is 102 Å². The number of pyridine rings is 1. The van der Waals surface area contributed by atoms with Crippen molar-refractivity contribution in [3.63, 3.8) is 0 Å². The summed E-state index contributed by atoms with van der Waals surface area (Å²) in [6.45, 7) is 8.99. The lowest BCUT2D eigenvalue weighted by Gasteiger charge is -2.49. The molecule has 1 unspecified atom stereocenters. The number of amides is 5. The van der Waals surface area contributed by atoms with Crippen molar-refractivity contribution < 1.29 is 33.4 Å². The van der Waals surface area contributed by atoms with Gasteiger partial charge in [-0.05, 0) is 126 Å². The van der Waals surface area contributed by atoms with E-state index in [1.807, 2.05) is 44.2 Å². The lowest BCUT2D eigenvalue weighted by molar-refractivity contribution is -0.136. The molecule has 358 valence electrons. The van der Waals surface area contributed by atoms with Gasteiger partial charge in [0.15, 0.2) is 18.2 Å². The van der Waals surface area contributed by atoms with Gasteiger partial charge in [0.2, 0.25) is 17.8 Å². The molecule has 4 saturated heterocycles. The minimum atomic E-state index is -0.973. The Morgan fingerprint density at radius 1 is 0.897 bits per heavy atom. The van der Waals surface area contributed by atoms with E-state index in [4.69, 9.17) is 26.1 Å². The Balaban J connectivity index is 0.684. The standard InChI is InChI=1S/C49H57ClN10O8/c1-28(2)59-38-7-4-30(20-29(38)21-40(47(59)66)67-26-42(62)51-3)53-43-37(50)25-52-48(55-43)57-15-10-33(11-16-57)68-34-22-32(23-34)56-17-12-49(13-18-56)14-19-58(27-49)31-5-6-35-36(24-31)46(65)60(45(35)64)39-8-9-41(61)54-44(39)63/h4-7,20-21,24-25,28,32-34,39H,8-19,22-23,26-27H2,1-3H3,(H,51,62)(H,52,53,55)(H,54,61,63)/t32-,34-,39?. The second-order valence-electron chi connectivity index (χ2n) is 19.5. The zero-order valence-corrected chi connectivity index (χ0v) is 39.3. The predicted octanol–water partition coefficient (Wildman–Crippen LogP) is 4.80. The molecule has 19 heteroatoms. The van der Waals surface area contributed by atoms with Crippen molar-refractivity contribution in [2.75, 3.05) is 68.0 Å². The Morgan fingerprint density at radius 2 is 1.65 bits per heavy atom. The molecular weight excluding hydrogens is 892 g/mol. The van der Waals surface area contributed by atoms with Crippen molar-refractivity contribution in [1.29, 1.82) is 0 Å². The number of carbonyl (C=O) groups is 5. The van der Waals surface area contributed by atoms with Crippen molar-refractivity contribution in [2.24, 2.45) is 5.41 Å². The third kappa shape index (κ3) is 8.77. The maximum Gasteiger partial charge on any atom is 0.293 e. The third-order valence-electron chi connectivity index (χ3n) is 14.9. The maximum absolute atomic E-state index is 13.5. The van der Waals surface area contributed by atoms with Crippen LogP contribution in [0.5, 0.6) is 5.75 Å². The monoisotopic (exact) mass is 948 g/mol. The highest BCUT2D eigenvalue weighted by Gasteiger charge is 2.47. The summed E-state index contributed by atoms with van der Waals surface area (Å²) in [5, 5.41) is 9.23. The van der Waals surface area contributed by atoms with Crippen LogP contribution < -0.4 is 36.0 Å². The van der Waals surface area contributed by atoms with Crippen LogP contribution in [0.3, 0.4) is 0 Å². The van der Waals surface area contributed by atoms with Crippen molar-refractivity contribution in [3.05, 3.63) is 75.2 Å². The van der Waals surface area contributed by atoms with Crippen molar-refractivity contribution in [3.8, 4) is 5.75 Å².